The number of likely N-dealkylation sites (tertiary alicyclic amines) is 1. The third kappa shape index (κ3) is 7.18. The van der Waals surface area contributed by atoms with Crippen LogP contribution in [-0.4, -0.2) is 56.6 Å². The number of hydrogen-bond donors (Lipinski definition) is 2. The number of piperidine rings is 1. The normalized spacial score (nSPS) is 18.3. The van der Waals surface area contributed by atoms with Crippen LogP contribution in [0.15, 0.2) is 22.5 Å². The van der Waals surface area contributed by atoms with Crippen molar-refractivity contribution < 1.29 is 8.78 Å². The lowest BCUT2D eigenvalue weighted by Gasteiger charge is -2.32. The summed E-state index contributed by atoms with van der Waals surface area (Å²) in [6, 6.07) is 4.51. The first kappa shape index (κ1) is 21.6. The highest BCUT2D eigenvalue weighted by atomic mass is 127. The number of nitrogens with one attached hydrogen (secondary N) is 2. The van der Waals surface area contributed by atoms with Crippen LogP contribution in [0.3, 0.4) is 0 Å². The molecule has 0 aromatic carbocycles. The van der Waals surface area contributed by atoms with Gasteiger partial charge in [0.15, 0.2) is 5.96 Å². The van der Waals surface area contributed by atoms with E-state index in [9.17, 15) is 8.78 Å². The first-order valence-electron chi connectivity index (χ1n) is 8.09. The van der Waals surface area contributed by atoms with Gasteiger partial charge in [0, 0.05) is 43.5 Å². The van der Waals surface area contributed by atoms with Crippen molar-refractivity contribution in [2.75, 3.05) is 33.2 Å². The summed E-state index contributed by atoms with van der Waals surface area (Å²) in [4.78, 5) is 7.45. The maximum atomic E-state index is 12.4. The van der Waals surface area contributed by atoms with Gasteiger partial charge in [-0.15, -0.1) is 35.3 Å². The minimum absolute atomic E-state index is 0. The van der Waals surface area contributed by atoms with E-state index < -0.39 is 6.43 Å². The van der Waals surface area contributed by atoms with E-state index in [0.717, 1.165) is 25.3 Å². The third-order valence-corrected chi connectivity index (χ3v) is 5.26. The zero-order valence-electron chi connectivity index (χ0n) is 14.2. The average molecular weight is 472 g/mol. The molecule has 0 bridgehead atoms. The van der Waals surface area contributed by atoms with Crippen molar-refractivity contribution >= 4 is 41.3 Å². The van der Waals surface area contributed by atoms with Crippen molar-refractivity contribution in [3.05, 3.63) is 22.4 Å². The van der Waals surface area contributed by atoms with Crippen molar-refractivity contribution in [1.82, 2.24) is 15.5 Å². The molecule has 2 heterocycles. The van der Waals surface area contributed by atoms with Crippen LogP contribution in [0.4, 0.5) is 8.78 Å². The fourth-order valence-electron chi connectivity index (χ4n) is 2.77. The molecule has 1 aliphatic heterocycles. The molecule has 1 atom stereocenters. The molecule has 138 valence electrons. The van der Waals surface area contributed by atoms with Gasteiger partial charge < -0.3 is 10.6 Å². The maximum absolute atomic E-state index is 12.4. The number of aliphatic imine (C=N–C) groups is 1. The quantitative estimate of drug-likeness (QED) is 0.379. The summed E-state index contributed by atoms with van der Waals surface area (Å²) in [5, 5.41) is 8.86. The molecule has 0 saturated carbocycles. The maximum Gasteiger partial charge on any atom is 0.251 e. The molecule has 0 spiro atoms. The van der Waals surface area contributed by atoms with E-state index in [1.807, 2.05) is 4.90 Å². The number of thiophene rings is 1. The van der Waals surface area contributed by atoms with E-state index in [-0.39, 0.29) is 30.5 Å². The molecule has 1 fully saturated rings. The highest BCUT2D eigenvalue weighted by Gasteiger charge is 2.22. The predicted octanol–water partition coefficient (Wildman–Crippen LogP) is 3.36. The Balaban J connectivity index is 0.00000288. The highest BCUT2D eigenvalue weighted by Crippen LogP contribution is 2.19. The van der Waals surface area contributed by atoms with Gasteiger partial charge in [0.25, 0.3) is 6.43 Å². The van der Waals surface area contributed by atoms with Crippen molar-refractivity contribution in [3.8, 4) is 0 Å². The Hall–Kier alpha value is -0.480. The van der Waals surface area contributed by atoms with Crippen LogP contribution in [0, 0.1) is 0 Å². The Labute approximate surface area is 164 Å². The molecule has 0 aliphatic carbocycles. The van der Waals surface area contributed by atoms with Gasteiger partial charge >= 0.3 is 0 Å². The lowest BCUT2D eigenvalue weighted by Crippen LogP contribution is -2.49. The third-order valence-electron chi connectivity index (χ3n) is 4.15. The SMILES string of the molecule is CN=C(NCC(C)c1cccs1)NC1CCN(CC(F)F)CC1.I. The Morgan fingerprint density at radius 1 is 1.42 bits per heavy atom. The van der Waals surface area contributed by atoms with Crippen molar-refractivity contribution in [2.45, 2.75) is 38.2 Å². The lowest BCUT2D eigenvalue weighted by atomic mass is 10.1. The number of halogens is 3. The second-order valence-corrected chi connectivity index (χ2v) is 6.96. The average Bonchev–Trinajstić information content (AvgIpc) is 3.06. The molecular weight excluding hydrogens is 445 g/mol. The van der Waals surface area contributed by atoms with Crippen molar-refractivity contribution in [3.63, 3.8) is 0 Å². The van der Waals surface area contributed by atoms with Gasteiger partial charge in [-0.2, -0.15) is 0 Å². The van der Waals surface area contributed by atoms with Gasteiger partial charge in [-0.05, 0) is 24.3 Å². The smallest absolute Gasteiger partial charge is 0.251 e. The minimum atomic E-state index is -2.24. The number of hydrogen-bond acceptors (Lipinski definition) is 3. The summed E-state index contributed by atoms with van der Waals surface area (Å²) in [7, 11) is 1.76. The Morgan fingerprint density at radius 2 is 2.12 bits per heavy atom. The van der Waals surface area contributed by atoms with Crippen LogP contribution in [0.25, 0.3) is 0 Å². The molecule has 1 aliphatic rings. The van der Waals surface area contributed by atoms with E-state index in [2.05, 4.69) is 40.1 Å². The lowest BCUT2D eigenvalue weighted by molar-refractivity contribution is 0.0744. The first-order chi connectivity index (χ1) is 11.1. The molecule has 2 N–H and O–H groups in total. The van der Waals surface area contributed by atoms with Crippen LogP contribution < -0.4 is 10.6 Å². The first-order valence-corrected chi connectivity index (χ1v) is 8.97. The van der Waals surface area contributed by atoms with Gasteiger partial charge in [-0.3, -0.25) is 9.89 Å². The minimum Gasteiger partial charge on any atom is -0.356 e. The van der Waals surface area contributed by atoms with E-state index in [0.29, 0.717) is 25.0 Å². The Morgan fingerprint density at radius 3 is 2.67 bits per heavy atom. The van der Waals surface area contributed by atoms with Crippen molar-refractivity contribution in [2.24, 2.45) is 4.99 Å². The van der Waals surface area contributed by atoms with Crippen LogP contribution in [0.2, 0.25) is 0 Å². The topological polar surface area (TPSA) is 39.7 Å². The fraction of sp³-hybridized carbons (Fsp3) is 0.688. The highest BCUT2D eigenvalue weighted by molar-refractivity contribution is 14.0. The molecule has 8 heteroatoms. The van der Waals surface area contributed by atoms with E-state index in [1.54, 1.807) is 18.4 Å². The monoisotopic (exact) mass is 472 g/mol. The molecule has 0 radical (unpaired) electrons. The summed E-state index contributed by atoms with van der Waals surface area (Å²) in [6.07, 6.45) is -0.505. The number of nitrogens with zero attached hydrogens (tertiary/aromatic N) is 2. The Kier molecular flexibility index (Phi) is 10.1. The molecule has 4 nitrogen and oxygen atoms in total. The summed E-state index contributed by atoms with van der Waals surface area (Å²) < 4.78 is 24.8. The summed E-state index contributed by atoms with van der Waals surface area (Å²) in [5.41, 5.74) is 0. The van der Waals surface area contributed by atoms with Crippen LogP contribution >= 0.6 is 35.3 Å². The van der Waals surface area contributed by atoms with Gasteiger partial charge in [-0.25, -0.2) is 8.78 Å². The second-order valence-electron chi connectivity index (χ2n) is 5.98. The zero-order valence-corrected chi connectivity index (χ0v) is 17.3. The Bertz CT molecular complexity index is 476. The van der Waals surface area contributed by atoms with Gasteiger partial charge in [0.05, 0.1) is 6.54 Å². The molecule has 24 heavy (non-hydrogen) atoms. The van der Waals surface area contributed by atoms with E-state index >= 15 is 0 Å². The van der Waals surface area contributed by atoms with Gasteiger partial charge in [0.2, 0.25) is 0 Å². The predicted molar refractivity (Wildman–Crippen MR) is 108 cm³/mol. The summed E-state index contributed by atoms with van der Waals surface area (Å²) in [5.74, 6) is 1.22. The number of alkyl halides is 2. The fourth-order valence-corrected chi connectivity index (χ4v) is 3.55. The van der Waals surface area contributed by atoms with E-state index in [4.69, 9.17) is 0 Å². The molecule has 2 rings (SSSR count). The molecule has 0 amide bonds. The molecule has 1 saturated heterocycles. The van der Waals surface area contributed by atoms with E-state index in [1.165, 1.54) is 4.88 Å². The van der Waals surface area contributed by atoms with Gasteiger partial charge in [-0.1, -0.05) is 13.0 Å². The van der Waals surface area contributed by atoms with Crippen LogP contribution in [-0.2, 0) is 0 Å². The largest absolute Gasteiger partial charge is 0.356 e. The summed E-state index contributed by atoms with van der Waals surface area (Å²) in [6.45, 7) is 4.33. The van der Waals surface area contributed by atoms with Gasteiger partial charge in [0.1, 0.15) is 0 Å². The molecular formula is C16H27F2IN4S. The standard InChI is InChI=1S/C16H26F2N4S.HI/c1-12(14-4-3-9-23-14)10-20-16(19-2)21-13-5-7-22(8-6-13)11-15(17)18;/h3-4,9,12-13,15H,5-8,10-11H2,1-2H3,(H2,19,20,21);1H. The van der Waals surface area contributed by atoms with Crippen LogP contribution in [0.5, 0.6) is 0 Å². The van der Waals surface area contributed by atoms with Crippen LogP contribution in [0.1, 0.15) is 30.6 Å². The summed E-state index contributed by atoms with van der Waals surface area (Å²) >= 11 is 1.76. The molecule has 1 aromatic heterocycles. The molecule has 1 aromatic rings. The number of rotatable bonds is 6. The second kappa shape index (κ2) is 11.2. The molecule has 1 unspecified atom stereocenters. The number of guanidine groups is 1. The zero-order chi connectivity index (χ0) is 16.7. The van der Waals surface area contributed by atoms with Crippen molar-refractivity contribution in [1.29, 1.82) is 0 Å².